The molecule has 0 spiro atoms. The van der Waals surface area contributed by atoms with Crippen molar-refractivity contribution in [2.75, 3.05) is 19.6 Å². The first kappa shape index (κ1) is 20.6. The Morgan fingerprint density at radius 1 is 1.07 bits per heavy atom. The Hall–Kier alpha value is -2.66. The fraction of sp³-hybridized carbons (Fsp3) is 0.440. The standard InChI is InChI=1S/C25H31N3O2/c1-25(2,28-13-12-20-10-6-7-11-21(20)17-28)18-26-24(30)22-14-23(29)27(16-22)15-19-8-4-3-5-9-19/h3-11,22H,12-18H2,1-2H3,(H,26,30). The van der Waals surface area contributed by atoms with Crippen molar-refractivity contribution < 1.29 is 9.59 Å². The molecule has 0 aromatic heterocycles. The highest BCUT2D eigenvalue weighted by molar-refractivity contribution is 5.89. The van der Waals surface area contributed by atoms with Crippen molar-refractivity contribution in [2.45, 2.75) is 45.3 Å². The van der Waals surface area contributed by atoms with Crippen molar-refractivity contribution in [3.63, 3.8) is 0 Å². The molecule has 2 aromatic carbocycles. The number of fused-ring (bicyclic) bond motifs is 1. The third kappa shape index (κ3) is 4.57. The van der Waals surface area contributed by atoms with Gasteiger partial charge in [-0.25, -0.2) is 0 Å². The summed E-state index contributed by atoms with van der Waals surface area (Å²) < 4.78 is 0. The Balaban J connectivity index is 1.30. The summed E-state index contributed by atoms with van der Waals surface area (Å²) in [6.07, 6.45) is 1.34. The number of nitrogens with zero attached hydrogens (tertiary/aromatic N) is 2. The van der Waals surface area contributed by atoms with Gasteiger partial charge in [-0.05, 0) is 37.0 Å². The highest BCUT2D eigenvalue weighted by Gasteiger charge is 2.36. The number of hydrogen-bond donors (Lipinski definition) is 1. The third-order valence-corrected chi connectivity index (χ3v) is 6.48. The number of amides is 2. The molecule has 5 nitrogen and oxygen atoms in total. The van der Waals surface area contributed by atoms with Gasteiger partial charge in [0.1, 0.15) is 0 Å². The van der Waals surface area contributed by atoms with E-state index in [2.05, 4.69) is 48.3 Å². The van der Waals surface area contributed by atoms with E-state index >= 15 is 0 Å². The van der Waals surface area contributed by atoms with Gasteiger partial charge in [-0.3, -0.25) is 14.5 Å². The number of hydrogen-bond acceptors (Lipinski definition) is 3. The highest BCUT2D eigenvalue weighted by atomic mass is 16.2. The lowest BCUT2D eigenvalue weighted by Crippen LogP contribution is -2.53. The zero-order valence-electron chi connectivity index (χ0n) is 17.9. The molecule has 2 aliphatic heterocycles. The molecule has 2 amide bonds. The van der Waals surface area contributed by atoms with E-state index in [1.54, 1.807) is 4.90 Å². The predicted molar refractivity (Wildman–Crippen MR) is 118 cm³/mol. The fourth-order valence-corrected chi connectivity index (χ4v) is 4.48. The van der Waals surface area contributed by atoms with E-state index in [4.69, 9.17) is 0 Å². The lowest BCUT2D eigenvalue weighted by atomic mass is 9.94. The van der Waals surface area contributed by atoms with E-state index in [1.807, 2.05) is 30.3 Å². The number of likely N-dealkylation sites (tertiary alicyclic amines) is 1. The molecule has 0 radical (unpaired) electrons. The van der Waals surface area contributed by atoms with Crippen LogP contribution in [0.4, 0.5) is 0 Å². The number of nitrogens with one attached hydrogen (secondary N) is 1. The summed E-state index contributed by atoms with van der Waals surface area (Å²) in [4.78, 5) is 29.4. The molecular formula is C25H31N3O2. The molecular weight excluding hydrogens is 374 g/mol. The first-order chi connectivity index (χ1) is 14.4. The monoisotopic (exact) mass is 405 g/mol. The molecule has 30 heavy (non-hydrogen) atoms. The van der Waals surface area contributed by atoms with Crippen molar-refractivity contribution in [1.82, 2.24) is 15.1 Å². The maximum atomic E-state index is 12.8. The summed E-state index contributed by atoms with van der Waals surface area (Å²) in [5, 5.41) is 3.13. The van der Waals surface area contributed by atoms with Crippen LogP contribution < -0.4 is 5.32 Å². The van der Waals surface area contributed by atoms with Crippen molar-refractivity contribution in [3.8, 4) is 0 Å². The topological polar surface area (TPSA) is 52.7 Å². The SMILES string of the molecule is CC(C)(CNC(=O)C1CC(=O)N(Cc2ccccc2)C1)N1CCc2ccccc2C1. The lowest BCUT2D eigenvalue weighted by Gasteiger charge is -2.41. The number of carbonyl (C=O) groups is 2. The van der Waals surface area contributed by atoms with Gasteiger partial charge in [0.2, 0.25) is 11.8 Å². The van der Waals surface area contributed by atoms with Gasteiger partial charge in [0.05, 0.1) is 5.92 Å². The maximum Gasteiger partial charge on any atom is 0.225 e. The van der Waals surface area contributed by atoms with E-state index in [1.165, 1.54) is 11.1 Å². The second kappa shape index (κ2) is 8.60. The Bertz CT molecular complexity index is 910. The van der Waals surface area contributed by atoms with E-state index in [0.717, 1.165) is 25.1 Å². The molecule has 2 aromatic rings. The van der Waals surface area contributed by atoms with Crippen LogP contribution in [0.3, 0.4) is 0 Å². The molecule has 2 aliphatic rings. The van der Waals surface area contributed by atoms with Crippen LogP contribution in [0.2, 0.25) is 0 Å². The number of rotatable bonds is 6. The molecule has 1 fully saturated rings. The fourth-order valence-electron chi connectivity index (χ4n) is 4.48. The molecule has 0 saturated carbocycles. The minimum atomic E-state index is -0.265. The van der Waals surface area contributed by atoms with Crippen molar-refractivity contribution in [2.24, 2.45) is 5.92 Å². The summed E-state index contributed by atoms with van der Waals surface area (Å²) in [6.45, 7) is 7.92. The molecule has 1 saturated heterocycles. The molecule has 0 bridgehead atoms. The normalized spacial score (nSPS) is 19.6. The van der Waals surface area contributed by atoms with Gasteiger partial charge in [-0.1, -0.05) is 54.6 Å². The van der Waals surface area contributed by atoms with Crippen LogP contribution in [0.15, 0.2) is 54.6 Å². The van der Waals surface area contributed by atoms with E-state index < -0.39 is 0 Å². The Morgan fingerprint density at radius 3 is 2.53 bits per heavy atom. The molecule has 1 atom stereocenters. The van der Waals surface area contributed by atoms with Crippen molar-refractivity contribution >= 4 is 11.8 Å². The largest absolute Gasteiger partial charge is 0.354 e. The summed E-state index contributed by atoms with van der Waals surface area (Å²) in [5.41, 5.74) is 3.76. The average molecular weight is 406 g/mol. The third-order valence-electron chi connectivity index (χ3n) is 6.48. The highest BCUT2D eigenvalue weighted by Crippen LogP contribution is 2.25. The van der Waals surface area contributed by atoms with Gasteiger partial charge in [0, 0.05) is 44.7 Å². The quantitative estimate of drug-likeness (QED) is 0.804. The second-order valence-electron chi connectivity index (χ2n) is 9.13. The van der Waals surface area contributed by atoms with Crippen LogP contribution in [-0.4, -0.2) is 46.8 Å². The van der Waals surface area contributed by atoms with Crippen LogP contribution in [0, 0.1) is 5.92 Å². The Labute approximate surface area is 179 Å². The molecule has 158 valence electrons. The first-order valence-corrected chi connectivity index (χ1v) is 10.8. The molecule has 5 heteroatoms. The van der Waals surface area contributed by atoms with Gasteiger partial charge in [0.25, 0.3) is 0 Å². The molecule has 1 N–H and O–H groups in total. The van der Waals surface area contributed by atoms with Gasteiger partial charge < -0.3 is 10.2 Å². The van der Waals surface area contributed by atoms with E-state index in [0.29, 0.717) is 26.1 Å². The summed E-state index contributed by atoms with van der Waals surface area (Å²) in [6, 6.07) is 18.5. The van der Waals surface area contributed by atoms with Crippen molar-refractivity contribution in [1.29, 1.82) is 0 Å². The zero-order chi connectivity index (χ0) is 21.1. The summed E-state index contributed by atoms with van der Waals surface area (Å²) in [5.74, 6) is -0.214. The van der Waals surface area contributed by atoms with Gasteiger partial charge >= 0.3 is 0 Å². The van der Waals surface area contributed by atoms with Crippen molar-refractivity contribution in [3.05, 3.63) is 71.3 Å². The van der Waals surface area contributed by atoms with Gasteiger partial charge in [-0.2, -0.15) is 0 Å². The minimum absolute atomic E-state index is 0.00982. The molecule has 2 heterocycles. The summed E-state index contributed by atoms with van der Waals surface area (Å²) in [7, 11) is 0. The van der Waals surface area contributed by atoms with E-state index in [9.17, 15) is 9.59 Å². The number of benzene rings is 2. The van der Waals surface area contributed by atoms with Crippen LogP contribution in [0.5, 0.6) is 0 Å². The van der Waals surface area contributed by atoms with Gasteiger partial charge in [-0.15, -0.1) is 0 Å². The predicted octanol–water partition coefficient (Wildman–Crippen LogP) is 2.99. The first-order valence-electron chi connectivity index (χ1n) is 10.8. The minimum Gasteiger partial charge on any atom is -0.354 e. The van der Waals surface area contributed by atoms with Crippen LogP contribution in [0.25, 0.3) is 0 Å². The van der Waals surface area contributed by atoms with Crippen LogP contribution in [0.1, 0.15) is 37.0 Å². The van der Waals surface area contributed by atoms with E-state index in [-0.39, 0.29) is 23.3 Å². The van der Waals surface area contributed by atoms with Gasteiger partial charge in [0.15, 0.2) is 0 Å². The molecule has 0 aliphatic carbocycles. The molecule has 1 unspecified atom stereocenters. The second-order valence-corrected chi connectivity index (χ2v) is 9.13. The number of carbonyl (C=O) groups excluding carboxylic acids is 2. The Morgan fingerprint density at radius 2 is 1.77 bits per heavy atom. The Kier molecular flexibility index (Phi) is 5.91. The zero-order valence-corrected chi connectivity index (χ0v) is 17.9. The van der Waals surface area contributed by atoms with Crippen LogP contribution >= 0.6 is 0 Å². The smallest absolute Gasteiger partial charge is 0.225 e. The maximum absolute atomic E-state index is 12.8. The lowest BCUT2D eigenvalue weighted by molar-refractivity contribution is -0.129. The molecule has 4 rings (SSSR count). The summed E-state index contributed by atoms with van der Waals surface area (Å²) >= 11 is 0. The average Bonchev–Trinajstić information content (AvgIpc) is 3.12. The van der Waals surface area contributed by atoms with Crippen LogP contribution in [-0.2, 0) is 29.1 Å².